The fourth-order valence-electron chi connectivity index (χ4n) is 4.17. The average Bonchev–Trinajstić information content (AvgIpc) is 3.11. The Morgan fingerprint density at radius 3 is 2.57 bits per heavy atom. The molecule has 1 spiro atoms. The van der Waals surface area contributed by atoms with E-state index in [-0.39, 0.29) is 30.4 Å². The smallest absolute Gasteiger partial charge is 0.257 e. The minimum atomic E-state index is -0.899. The number of nitrogens with zero attached hydrogens (tertiary/aromatic N) is 2. The highest BCUT2D eigenvalue weighted by molar-refractivity contribution is 5.98. The number of ether oxygens (including phenoxy) is 2. The average molecular weight is 418 g/mol. The van der Waals surface area contributed by atoms with Crippen molar-refractivity contribution in [2.24, 2.45) is 0 Å². The second kappa shape index (κ2) is 9.04. The maximum atomic E-state index is 13.6. The SMILES string of the molecule is CCC(=O)N1CCC2(CC1)OCC(C(=O)NC(C)C)N2C(=O)c1cccc(OC)c1. The number of hydrogen-bond donors (Lipinski definition) is 1. The Hall–Kier alpha value is -2.61. The number of hydrogen-bond acceptors (Lipinski definition) is 5. The maximum absolute atomic E-state index is 13.6. The molecule has 0 saturated carbocycles. The summed E-state index contributed by atoms with van der Waals surface area (Å²) in [5.41, 5.74) is -0.461. The topological polar surface area (TPSA) is 88.2 Å². The molecule has 1 unspecified atom stereocenters. The fraction of sp³-hybridized carbons (Fsp3) is 0.591. The maximum Gasteiger partial charge on any atom is 0.257 e. The number of nitrogens with one attached hydrogen (secondary N) is 1. The van der Waals surface area contributed by atoms with E-state index in [2.05, 4.69) is 5.32 Å². The van der Waals surface area contributed by atoms with E-state index < -0.39 is 11.8 Å². The lowest BCUT2D eigenvalue weighted by atomic mass is 9.96. The molecule has 3 rings (SSSR count). The van der Waals surface area contributed by atoms with E-state index in [9.17, 15) is 14.4 Å². The summed E-state index contributed by atoms with van der Waals surface area (Å²) in [7, 11) is 1.55. The zero-order valence-electron chi connectivity index (χ0n) is 18.1. The second-order valence-corrected chi connectivity index (χ2v) is 8.08. The largest absolute Gasteiger partial charge is 0.497 e. The minimum Gasteiger partial charge on any atom is -0.497 e. The van der Waals surface area contributed by atoms with Crippen LogP contribution in [0, 0.1) is 0 Å². The molecule has 0 radical (unpaired) electrons. The first-order chi connectivity index (χ1) is 14.3. The van der Waals surface area contributed by atoms with Crippen LogP contribution >= 0.6 is 0 Å². The predicted molar refractivity (Wildman–Crippen MR) is 111 cm³/mol. The lowest BCUT2D eigenvalue weighted by molar-refractivity contribution is -0.143. The van der Waals surface area contributed by atoms with Crippen LogP contribution in [0.2, 0.25) is 0 Å². The van der Waals surface area contributed by atoms with Crippen LogP contribution in [0.1, 0.15) is 50.4 Å². The van der Waals surface area contributed by atoms with E-state index in [0.29, 0.717) is 43.7 Å². The quantitative estimate of drug-likeness (QED) is 0.789. The molecule has 1 atom stereocenters. The summed E-state index contributed by atoms with van der Waals surface area (Å²) in [4.78, 5) is 42.0. The number of benzene rings is 1. The number of amides is 3. The molecule has 8 nitrogen and oxygen atoms in total. The highest BCUT2D eigenvalue weighted by Gasteiger charge is 2.54. The van der Waals surface area contributed by atoms with Crippen LogP contribution in [0.25, 0.3) is 0 Å². The number of piperidine rings is 1. The summed E-state index contributed by atoms with van der Waals surface area (Å²) >= 11 is 0. The Morgan fingerprint density at radius 1 is 1.27 bits per heavy atom. The van der Waals surface area contributed by atoms with Gasteiger partial charge in [-0.3, -0.25) is 19.3 Å². The Balaban J connectivity index is 1.91. The molecule has 1 aromatic rings. The molecule has 2 fully saturated rings. The van der Waals surface area contributed by atoms with Crippen molar-refractivity contribution >= 4 is 17.7 Å². The zero-order chi connectivity index (χ0) is 21.9. The van der Waals surface area contributed by atoms with Crippen molar-refractivity contribution in [3.63, 3.8) is 0 Å². The van der Waals surface area contributed by atoms with Crippen LogP contribution in [0.15, 0.2) is 24.3 Å². The molecule has 2 aliphatic heterocycles. The van der Waals surface area contributed by atoms with Gasteiger partial charge in [-0.25, -0.2) is 0 Å². The number of carbonyl (C=O) groups is 3. The summed E-state index contributed by atoms with van der Waals surface area (Å²) in [5, 5.41) is 2.90. The molecule has 0 aromatic heterocycles. The molecule has 30 heavy (non-hydrogen) atoms. The first kappa shape index (κ1) is 22.1. The molecule has 2 aliphatic rings. The van der Waals surface area contributed by atoms with Gasteiger partial charge in [0.05, 0.1) is 13.7 Å². The van der Waals surface area contributed by atoms with Crippen LogP contribution in [0.3, 0.4) is 0 Å². The number of carbonyl (C=O) groups excluding carboxylic acids is 3. The van der Waals surface area contributed by atoms with E-state index in [0.717, 1.165) is 0 Å². The molecule has 8 heteroatoms. The predicted octanol–water partition coefficient (Wildman–Crippen LogP) is 1.79. The van der Waals surface area contributed by atoms with Gasteiger partial charge < -0.3 is 19.7 Å². The number of methoxy groups -OCH3 is 1. The minimum absolute atomic E-state index is 0.0492. The van der Waals surface area contributed by atoms with E-state index in [1.165, 1.54) is 0 Å². The lowest BCUT2D eigenvalue weighted by Crippen LogP contribution is -2.60. The van der Waals surface area contributed by atoms with Crippen LogP contribution in [-0.4, -0.2) is 72.1 Å². The third-order valence-electron chi connectivity index (χ3n) is 5.73. The summed E-state index contributed by atoms with van der Waals surface area (Å²) < 4.78 is 11.4. The summed E-state index contributed by atoms with van der Waals surface area (Å²) in [6.07, 6.45) is 1.39. The first-order valence-electron chi connectivity index (χ1n) is 10.5. The van der Waals surface area contributed by atoms with Gasteiger partial charge in [0.15, 0.2) is 0 Å². The van der Waals surface area contributed by atoms with E-state index in [1.54, 1.807) is 41.2 Å². The van der Waals surface area contributed by atoms with Gasteiger partial charge in [-0.1, -0.05) is 13.0 Å². The van der Waals surface area contributed by atoms with E-state index in [4.69, 9.17) is 9.47 Å². The molecular formula is C22H31N3O5. The van der Waals surface area contributed by atoms with E-state index in [1.807, 2.05) is 20.8 Å². The van der Waals surface area contributed by atoms with Gasteiger partial charge in [0.1, 0.15) is 17.5 Å². The monoisotopic (exact) mass is 417 g/mol. The molecule has 3 amide bonds. The van der Waals surface area contributed by atoms with Crippen molar-refractivity contribution in [1.82, 2.24) is 15.1 Å². The molecule has 0 aliphatic carbocycles. The molecular weight excluding hydrogens is 386 g/mol. The van der Waals surface area contributed by atoms with Gasteiger partial charge in [0.25, 0.3) is 5.91 Å². The Labute approximate surface area is 177 Å². The first-order valence-corrected chi connectivity index (χ1v) is 10.5. The van der Waals surface area contributed by atoms with Gasteiger partial charge in [-0.2, -0.15) is 0 Å². The molecule has 1 aromatic carbocycles. The highest BCUT2D eigenvalue weighted by Crippen LogP contribution is 2.39. The van der Waals surface area contributed by atoms with Crippen molar-refractivity contribution in [2.45, 2.75) is 57.8 Å². The fourth-order valence-corrected chi connectivity index (χ4v) is 4.17. The zero-order valence-corrected chi connectivity index (χ0v) is 18.1. The highest BCUT2D eigenvalue weighted by atomic mass is 16.5. The molecule has 164 valence electrons. The number of likely N-dealkylation sites (tertiary alicyclic amines) is 1. The van der Waals surface area contributed by atoms with Crippen LogP contribution in [0.5, 0.6) is 5.75 Å². The number of rotatable bonds is 5. The third kappa shape index (κ3) is 4.28. The van der Waals surface area contributed by atoms with Gasteiger partial charge in [-0.05, 0) is 32.0 Å². The summed E-state index contributed by atoms with van der Waals surface area (Å²) in [6, 6.07) is 6.13. The van der Waals surface area contributed by atoms with Crippen LogP contribution in [0.4, 0.5) is 0 Å². The van der Waals surface area contributed by atoms with Crippen molar-refractivity contribution in [2.75, 3.05) is 26.8 Å². The molecule has 2 saturated heterocycles. The van der Waals surface area contributed by atoms with Crippen molar-refractivity contribution in [1.29, 1.82) is 0 Å². The molecule has 0 bridgehead atoms. The van der Waals surface area contributed by atoms with Crippen LogP contribution < -0.4 is 10.1 Å². The van der Waals surface area contributed by atoms with Gasteiger partial charge in [-0.15, -0.1) is 0 Å². The van der Waals surface area contributed by atoms with Gasteiger partial charge in [0.2, 0.25) is 11.8 Å². The lowest BCUT2D eigenvalue weighted by Gasteiger charge is -2.44. The van der Waals surface area contributed by atoms with Gasteiger partial charge >= 0.3 is 0 Å². The Bertz CT molecular complexity index is 802. The van der Waals surface area contributed by atoms with Crippen molar-refractivity contribution in [3.05, 3.63) is 29.8 Å². The van der Waals surface area contributed by atoms with Crippen molar-refractivity contribution < 1.29 is 23.9 Å². The molecule has 2 heterocycles. The Morgan fingerprint density at radius 2 is 1.97 bits per heavy atom. The Kier molecular flexibility index (Phi) is 6.65. The third-order valence-corrected chi connectivity index (χ3v) is 5.73. The van der Waals surface area contributed by atoms with Gasteiger partial charge in [0, 0.05) is 44.0 Å². The van der Waals surface area contributed by atoms with Crippen LogP contribution in [-0.2, 0) is 14.3 Å². The summed E-state index contributed by atoms with van der Waals surface area (Å²) in [6.45, 7) is 6.72. The standard InChI is InChI=1S/C22H31N3O5/c1-5-19(26)24-11-9-22(10-12-24)25(18(14-30-22)20(27)23-15(2)3)21(28)16-7-6-8-17(13-16)29-4/h6-8,13,15,18H,5,9-12,14H2,1-4H3,(H,23,27). The molecule has 1 N–H and O–H groups in total. The summed E-state index contributed by atoms with van der Waals surface area (Å²) in [5.74, 6) is 0.153. The van der Waals surface area contributed by atoms with E-state index >= 15 is 0 Å². The second-order valence-electron chi connectivity index (χ2n) is 8.08. The normalized spacial score (nSPS) is 20.5. The van der Waals surface area contributed by atoms with Crippen molar-refractivity contribution in [3.8, 4) is 5.75 Å².